The molecule has 0 atom stereocenters. The van der Waals surface area contributed by atoms with E-state index in [4.69, 9.17) is 11.5 Å². The second kappa shape index (κ2) is 3.56. The van der Waals surface area contributed by atoms with Gasteiger partial charge in [-0.2, -0.15) is 0 Å². The molecule has 0 saturated carbocycles. The fourth-order valence-corrected chi connectivity index (χ4v) is 1.22. The maximum absolute atomic E-state index is 5.20. The maximum atomic E-state index is 5.20. The summed E-state index contributed by atoms with van der Waals surface area (Å²) in [6.07, 6.45) is 0. The van der Waals surface area contributed by atoms with Gasteiger partial charge in [0.25, 0.3) is 0 Å². The summed E-state index contributed by atoms with van der Waals surface area (Å²) in [5.41, 5.74) is 11.2. The van der Waals surface area contributed by atoms with Crippen molar-refractivity contribution in [1.82, 2.24) is 0 Å². The Hall–Kier alpha value is -0.780. The van der Waals surface area contributed by atoms with E-state index >= 15 is 0 Å². The molecular formula is C7H8IN3. The van der Waals surface area contributed by atoms with Crippen LogP contribution in [0.15, 0.2) is 29.3 Å². The normalized spacial score (nSPS) is 9.18. The van der Waals surface area contributed by atoms with Crippen molar-refractivity contribution in [3.8, 4) is 0 Å². The minimum atomic E-state index is 0.0898. The van der Waals surface area contributed by atoms with Gasteiger partial charge in [0.1, 0.15) is 0 Å². The molecule has 0 spiro atoms. The fraction of sp³-hybridized carbons (Fsp3) is 0. The zero-order chi connectivity index (χ0) is 8.27. The van der Waals surface area contributed by atoms with Crippen molar-refractivity contribution in [2.45, 2.75) is 0 Å². The minimum Gasteiger partial charge on any atom is -0.370 e. The summed E-state index contributed by atoms with van der Waals surface area (Å²) in [7, 11) is 0. The molecule has 3 nitrogen and oxygen atoms in total. The van der Waals surface area contributed by atoms with Crippen molar-refractivity contribution in [2.75, 3.05) is 0 Å². The molecule has 4 N–H and O–H groups in total. The average Bonchev–Trinajstić information content (AvgIpc) is 1.85. The number of halogens is 1. The monoisotopic (exact) mass is 257 g/mol. The van der Waals surface area contributed by atoms with Gasteiger partial charge in [-0.25, -0.2) is 4.99 Å². The summed E-state index contributed by atoms with van der Waals surface area (Å²) in [6.45, 7) is 0. The number of guanidine groups is 1. The molecule has 0 aliphatic carbocycles. The number of hydrogen-bond acceptors (Lipinski definition) is 1. The van der Waals surface area contributed by atoms with Gasteiger partial charge in [0, 0.05) is 3.57 Å². The van der Waals surface area contributed by atoms with Crippen LogP contribution in [-0.4, -0.2) is 5.96 Å². The van der Waals surface area contributed by atoms with Crippen LogP contribution in [0, 0.1) is 3.57 Å². The third-order valence-corrected chi connectivity index (χ3v) is 1.74. The van der Waals surface area contributed by atoms with Crippen molar-refractivity contribution in [3.63, 3.8) is 0 Å². The van der Waals surface area contributed by atoms with Crippen LogP contribution in [0.4, 0.5) is 5.69 Å². The lowest BCUT2D eigenvalue weighted by Gasteiger charge is -1.94. The van der Waals surface area contributed by atoms with E-state index in [1.54, 1.807) is 0 Å². The van der Waals surface area contributed by atoms with E-state index in [0.29, 0.717) is 0 Å². The summed E-state index contributed by atoms with van der Waals surface area (Å²) in [4.78, 5) is 3.89. The van der Waals surface area contributed by atoms with Crippen LogP contribution in [0.1, 0.15) is 0 Å². The lowest BCUT2D eigenvalue weighted by molar-refractivity contribution is 1.41. The SMILES string of the molecule is NC(N)=Nc1cccc([123I])c1. The lowest BCUT2D eigenvalue weighted by atomic mass is 10.3. The molecule has 0 radical (unpaired) electrons. The Morgan fingerprint density at radius 1 is 1.36 bits per heavy atom. The number of hydrogen-bond donors (Lipinski definition) is 2. The molecular weight excluding hydrogens is 249 g/mol. The zero-order valence-electron chi connectivity index (χ0n) is 5.79. The van der Waals surface area contributed by atoms with Crippen molar-refractivity contribution in [2.24, 2.45) is 16.5 Å². The third-order valence-electron chi connectivity index (χ3n) is 1.07. The highest BCUT2D eigenvalue weighted by molar-refractivity contribution is 14.1. The lowest BCUT2D eigenvalue weighted by Crippen LogP contribution is -2.21. The molecule has 1 aromatic rings. The van der Waals surface area contributed by atoms with Crippen molar-refractivity contribution in [1.29, 1.82) is 0 Å². The summed E-state index contributed by atoms with van der Waals surface area (Å²) >= 11 is 2.20. The Balaban J connectivity index is 2.97. The first-order valence-electron chi connectivity index (χ1n) is 3.03. The molecule has 0 bridgehead atoms. The Bertz CT molecular complexity index is 279. The van der Waals surface area contributed by atoms with Gasteiger partial charge in [-0.05, 0) is 40.8 Å². The largest absolute Gasteiger partial charge is 0.370 e. The predicted molar refractivity (Wildman–Crippen MR) is 54.6 cm³/mol. The van der Waals surface area contributed by atoms with E-state index in [1.165, 1.54) is 0 Å². The molecule has 0 saturated heterocycles. The van der Waals surface area contributed by atoms with Crippen molar-refractivity contribution >= 4 is 34.2 Å². The predicted octanol–water partition coefficient (Wildman–Crippen LogP) is 1.20. The average molecular weight is 257 g/mol. The summed E-state index contributed by atoms with van der Waals surface area (Å²) < 4.78 is 1.12. The van der Waals surface area contributed by atoms with E-state index in [2.05, 4.69) is 27.6 Å². The summed E-state index contributed by atoms with van der Waals surface area (Å²) in [6, 6.07) is 7.64. The smallest absolute Gasteiger partial charge is 0.191 e. The van der Waals surface area contributed by atoms with E-state index in [0.717, 1.165) is 9.26 Å². The van der Waals surface area contributed by atoms with Crippen LogP contribution < -0.4 is 11.5 Å². The van der Waals surface area contributed by atoms with Gasteiger partial charge < -0.3 is 11.5 Å². The molecule has 1 aromatic carbocycles. The minimum absolute atomic E-state index is 0.0898. The summed E-state index contributed by atoms with van der Waals surface area (Å²) in [5, 5.41) is 0. The highest BCUT2D eigenvalue weighted by atomic mass is 123. The van der Waals surface area contributed by atoms with E-state index < -0.39 is 0 Å². The standard InChI is InChI=1S/C7H8IN3/c8-5-2-1-3-6(4-5)11-7(9)10/h1-4H,(H4,9,10,11)/i8-4. The first-order chi connectivity index (χ1) is 5.18. The molecule has 0 unspecified atom stereocenters. The fourth-order valence-electron chi connectivity index (χ4n) is 0.695. The zero-order valence-corrected chi connectivity index (χ0v) is 7.95. The third kappa shape index (κ3) is 2.75. The molecule has 0 aliphatic rings. The number of aliphatic imine (C=N–C) groups is 1. The molecule has 58 valence electrons. The van der Waals surface area contributed by atoms with Crippen LogP contribution in [0.5, 0.6) is 0 Å². The van der Waals surface area contributed by atoms with Gasteiger partial charge in [-0.3, -0.25) is 0 Å². The second-order valence-corrected chi connectivity index (χ2v) is 3.26. The molecule has 0 aromatic heterocycles. The summed E-state index contributed by atoms with van der Waals surface area (Å²) in [5.74, 6) is 0.0898. The van der Waals surface area contributed by atoms with Crippen molar-refractivity contribution in [3.05, 3.63) is 27.8 Å². The van der Waals surface area contributed by atoms with Crippen LogP contribution in [0.25, 0.3) is 0 Å². The Kier molecular flexibility index (Phi) is 2.70. The van der Waals surface area contributed by atoms with Gasteiger partial charge in [-0.1, -0.05) is 6.07 Å². The molecule has 4 heteroatoms. The molecule has 0 amide bonds. The maximum Gasteiger partial charge on any atom is 0.191 e. The number of nitrogens with zero attached hydrogens (tertiary/aromatic N) is 1. The molecule has 0 fully saturated rings. The quantitative estimate of drug-likeness (QED) is 0.451. The molecule has 0 aliphatic heterocycles. The molecule has 0 heterocycles. The van der Waals surface area contributed by atoms with Crippen molar-refractivity contribution < 1.29 is 0 Å². The number of benzene rings is 1. The first kappa shape index (κ1) is 8.32. The Labute approximate surface area is 78.6 Å². The van der Waals surface area contributed by atoms with Gasteiger partial charge in [-0.15, -0.1) is 0 Å². The first-order valence-corrected chi connectivity index (χ1v) is 4.11. The number of rotatable bonds is 1. The second-order valence-electron chi connectivity index (χ2n) is 2.02. The van der Waals surface area contributed by atoms with Crippen LogP contribution in [0.3, 0.4) is 0 Å². The van der Waals surface area contributed by atoms with E-state index in [-0.39, 0.29) is 5.96 Å². The number of nitrogens with two attached hydrogens (primary N) is 2. The Morgan fingerprint density at radius 2 is 2.09 bits per heavy atom. The topological polar surface area (TPSA) is 64.4 Å². The molecule has 11 heavy (non-hydrogen) atoms. The van der Waals surface area contributed by atoms with Gasteiger partial charge in [0.2, 0.25) is 0 Å². The van der Waals surface area contributed by atoms with E-state index in [1.807, 2.05) is 24.3 Å². The highest BCUT2D eigenvalue weighted by Gasteiger charge is 1.89. The van der Waals surface area contributed by atoms with Crippen LogP contribution in [-0.2, 0) is 0 Å². The van der Waals surface area contributed by atoms with E-state index in [9.17, 15) is 0 Å². The van der Waals surface area contributed by atoms with Gasteiger partial charge in [0.05, 0.1) is 5.69 Å². The highest BCUT2D eigenvalue weighted by Crippen LogP contribution is 2.14. The van der Waals surface area contributed by atoms with Gasteiger partial charge in [0.15, 0.2) is 5.96 Å². The van der Waals surface area contributed by atoms with Crippen LogP contribution in [0.2, 0.25) is 0 Å². The van der Waals surface area contributed by atoms with Crippen LogP contribution >= 0.6 is 22.6 Å². The Morgan fingerprint density at radius 3 is 2.64 bits per heavy atom. The van der Waals surface area contributed by atoms with Gasteiger partial charge >= 0.3 is 0 Å². The molecule has 1 rings (SSSR count).